The Hall–Kier alpha value is -1.33. The predicted octanol–water partition coefficient (Wildman–Crippen LogP) is 1.81. The van der Waals surface area contributed by atoms with E-state index in [0.29, 0.717) is 18.2 Å². The average Bonchev–Trinajstić information content (AvgIpc) is 2.33. The number of hydrogen-bond donors (Lipinski definition) is 1. The fraction of sp³-hybridized carbons (Fsp3) is 0.500. The molecule has 1 atom stereocenters. The number of aromatic nitrogens is 1. The van der Waals surface area contributed by atoms with E-state index in [0.717, 1.165) is 0 Å². The highest BCUT2D eigenvalue weighted by Crippen LogP contribution is 2.18. The van der Waals surface area contributed by atoms with Crippen LogP contribution >= 0.6 is 11.6 Å². The summed E-state index contributed by atoms with van der Waals surface area (Å²) in [5, 5.41) is 0.303. The van der Waals surface area contributed by atoms with Crippen LogP contribution in [0, 0.1) is 0 Å². The second-order valence-electron chi connectivity index (χ2n) is 3.96. The second kappa shape index (κ2) is 6.56. The molecule has 18 heavy (non-hydrogen) atoms. The summed E-state index contributed by atoms with van der Waals surface area (Å²) in [6.45, 7) is 4.81. The molecule has 1 unspecified atom stereocenters. The molecule has 1 rings (SSSR count). The maximum Gasteiger partial charge on any atom is 0.274 e. The monoisotopic (exact) mass is 271 g/mol. The Balaban J connectivity index is 2.99. The first-order valence-corrected chi connectivity index (χ1v) is 6.11. The third-order valence-corrected chi connectivity index (χ3v) is 2.92. The van der Waals surface area contributed by atoms with E-state index < -0.39 is 0 Å². The van der Waals surface area contributed by atoms with Gasteiger partial charge in [0, 0.05) is 13.7 Å². The van der Waals surface area contributed by atoms with E-state index in [2.05, 4.69) is 4.98 Å². The Kier molecular flexibility index (Phi) is 5.37. The number of nitrogens with two attached hydrogens (primary N) is 1. The average molecular weight is 272 g/mol. The zero-order valence-corrected chi connectivity index (χ0v) is 11.6. The van der Waals surface area contributed by atoms with Gasteiger partial charge in [0.05, 0.1) is 17.7 Å². The molecule has 1 amide bonds. The molecule has 5 nitrogen and oxygen atoms in total. The molecule has 2 N–H and O–H groups in total. The number of nitrogens with zero attached hydrogens (tertiary/aromatic N) is 2. The fourth-order valence-electron chi connectivity index (χ4n) is 1.73. The zero-order chi connectivity index (χ0) is 13.7. The van der Waals surface area contributed by atoms with Gasteiger partial charge in [0.25, 0.3) is 5.91 Å². The van der Waals surface area contributed by atoms with Crippen LogP contribution in [0.2, 0.25) is 5.02 Å². The van der Waals surface area contributed by atoms with Crippen molar-refractivity contribution < 1.29 is 9.53 Å². The minimum absolute atomic E-state index is 0.0493. The molecular formula is C12H18ClN3O2. The van der Waals surface area contributed by atoms with Gasteiger partial charge in [0.15, 0.2) is 0 Å². The number of methoxy groups -OCH3 is 1. The summed E-state index contributed by atoms with van der Waals surface area (Å²) in [6, 6.07) is 3.09. The molecule has 0 aromatic carbocycles. The van der Waals surface area contributed by atoms with Gasteiger partial charge in [0.2, 0.25) is 0 Å². The standard InChI is InChI=1S/C12H18ClN3O2/c1-4-16(8(2)7-18-3)12(17)11-9(13)5-6-10(14)15-11/h5-6,8H,4,7H2,1-3H3,(H2,14,15). The van der Waals surface area contributed by atoms with Crippen molar-refractivity contribution in [2.24, 2.45) is 0 Å². The lowest BCUT2D eigenvalue weighted by atomic mass is 10.2. The van der Waals surface area contributed by atoms with Gasteiger partial charge >= 0.3 is 0 Å². The van der Waals surface area contributed by atoms with Gasteiger partial charge in [-0.05, 0) is 26.0 Å². The van der Waals surface area contributed by atoms with Gasteiger partial charge in [-0.2, -0.15) is 0 Å². The summed E-state index contributed by atoms with van der Waals surface area (Å²) in [6.07, 6.45) is 0. The number of halogens is 1. The lowest BCUT2D eigenvalue weighted by molar-refractivity contribution is 0.0574. The highest BCUT2D eigenvalue weighted by Gasteiger charge is 2.23. The molecule has 0 aliphatic heterocycles. The van der Waals surface area contributed by atoms with Crippen LogP contribution in [0.25, 0.3) is 0 Å². The molecule has 1 heterocycles. The van der Waals surface area contributed by atoms with Crippen molar-refractivity contribution in [1.82, 2.24) is 9.88 Å². The predicted molar refractivity (Wildman–Crippen MR) is 71.7 cm³/mol. The number of anilines is 1. The van der Waals surface area contributed by atoms with Crippen LogP contribution in [0.3, 0.4) is 0 Å². The molecule has 0 fully saturated rings. The highest BCUT2D eigenvalue weighted by atomic mass is 35.5. The van der Waals surface area contributed by atoms with Gasteiger partial charge in [-0.25, -0.2) is 4.98 Å². The van der Waals surface area contributed by atoms with Crippen molar-refractivity contribution in [3.05, 3.63) is 22.8 Å². The molecule has 1 aromatic heterocycles. The second-order valence-corrected chi connectivity index (χ2v) is 4.37. The van der Waals surface area contributed by atoms with Crippen LogP contribution in [-0.2, 0) is 4.74 Å². The number of hydrogen-bond acceptors (Lipinski definition) is 4. The maximum atomic E-state index is 12.3. The van der Waals surface area contributed by atoms with Crippen LogP contribution in [0.4, 0.5) is 5.82 Å². The van der Waals surface area contributed by atoms with Gasteiger partial charge in [-0.1, -0.05) is 11.6 Å². The largest absolute Gasteiger partial charge is 0.384 e. The number of nitrogen functional groups attached to an aromatic ring is 1. The van der Waals surface area contributed by atoms with Crippen LogP contribution in [0.15, 0.2) is 12.1 Å². The summed E-state index contributed by atoms with van der Waals surface area (Å²) >= 11 is 5.98. The summed E-state index contributed by atoms with van der Waals surface area (Å²) < 4.78 is 5.05. The Morgan fingerprint density at radius 3 is 2.83 bits per heavy atom. The molecule has 0 aliphatic carbocycles. The minimum Gasteiger partial charge on any atom is -0.384 e. The summed E-state index contributed by atoms with van der Waals surface area (Å²) in [7, 11) is 1.60. The molecule has 0 spiro atoms. The topological polar surface area (TPSA) is 68.5 Å². The number of pyridine rings is 1. The van der Waals surface area contributed by atoms with Crippen molar-refractivity contribution in [3.63, 3.8) is 0 Å². The van der Waals surface area contributed by atoms with Crippen LogP contribution in [0.5, 0.6) is 0 Å². The number of likely N-dealkylation sites (N-methyl/N-ethyl adjacent to an activating group) is 1. The number of amides is 1. The highest BCUT2D eigenvalue weighted by molar-refractivity contribution is 6.33. The minimum atomic E-state index is -0.237. The Bertz CT molecular complexity index is 426. The smallest absolute Gasteiger partial charge is 0.274 e. The van der Waals surface area contributed by atoms with Gasteiger partial charge in [0.1, 0.15) is 11.5 Å². The van der Waals surface area contributed by atoms with Crippen molar-refractivity contribution in [3.8, 4) is 0 Å². The molecule has 0 saturated carbocycles. The van der Waals surface area contributed by atoms with E-state index in [1.54, 1.807) is 24.1 Å². The number of rotatable bonds is 5. The number of ether oxygens (including phenoxy) is 1. The first-order valence-electron chi connectivity index (χ1n) is 5.73. The van der Waals surface area contributed by atoms with E-state index in [1.807, 2.05) is 13.8 Å². The van der Waals surface area contributed by atoms with E-state index >= 15 is 0 Å². The van der Waals surface area contributed by atoms with E-state index in [9.17, 15) is 4.79 Å². The van der Waals surface area contributed by atoms with Crippen molar-refractivity contribution in [1.29, 1.82) is 0 Å². The van der Waals surface area contributed by atoms with E-state index in [4.69, 9.17) is 22.1 Å². The molecular weight excluding hydrogens is 254 g/mol. The zero-order valence-electron chi connectivity index (χ0n) is 10.8. The van der Waals surface area contributed by atoms with E-state index in [1.165, 1.54) is 0 Å². The summed E-state index contributed by atoms with van der Waals surface area (Å²) in [4.78, 5) is 18.0. The SMILES string of the molecule is CCN(C(=O)c1nc(N)ccc1Cl)C(C)COC. The van der Waals surface area contributed by atoms with Gasteiger partial charge in [-0.3, -0.25) is 4.79 Å². The molecule has 0 bridgehead atoms. The van der Waals surface area contributed by atoms with Gasteiger partial charge in [-0.15, -0.1) is 0 Å². The molecule has 0 aliphatic rings. The van der Waals surface area contributed by atoms with E-state index in [-0.39, 0.29) is 23.5 Å². The van der Waals surface area contributed by atoms with Crippen LogP contribution < -0.4 is 5.73 Å². The van der Waals surface area contributed by atoms with Gasteiger partial charge < -0.3 is 15.4 Å². The Morgan fingerprint density at radius 1 is 1.61 bits per heavy atom. The van der Waals surface area contributed by atoms with Crippen molar-refractivity contribution >= 4 is 23.3 Å². The number of carbonyl (C=O) groups excluding carboxylic acids is 1. The summed E-state index contributed by atoms with van der Waals surface area (Å²) in [5.74, 6) is 0.0394. The van der Waals surface area contributed by atoms with Crippen molar-refractivity contribution in [2.45, 2.75) is 19.9 Å². The normalized spacial score (nSPS) is 12.2. The molecule has 100 valence electrons. The molecule has 0 radical (unpaired) electrons. The molecule has 0 saturated heterocycles. The van der Waals surface area contributed by atoms with Crippen molar-refractivity contribution in [2.75, 3.05) is 26.0 Å². The third-order valence-electron chi connectivity index (χ3n) is 2.61. The first-order chi connectivity index (χ1) is 8.51. The molecule has 1 aromatic rings. The van der Waals surface area contributed by atoms with Crippen LogP contribution in [0.1, 0.15) is 24.3 Å². The van der Waals surface area contributed by atoms with Crippen LogP contribution in [-0.4, -0.2) is 42.1 Å². The number of carbonyl (C=O) groups is 1. The fourth-order valence-corrected chi connectivity index (χ4v) is 1.92. The lowest BCUT2D eigenvalue weighted by Crippen LogP contribution is -2.41. The Labute approximate surface area is 112 Å². The summed E-state index contributed by atoms with van der Waals surface area (Å²) in [5.41, 5.74) is 5.76. The first kappa shape index (κ1) is 14.7. The third kappa shape index (κ3) is 3.34. The maximum absolute atomic E-state index is 12.3. The molecule has 6 heteroatoms. The quantitative estimate of drug-likeness (QED) is 0.887. The Morgan fingerprint density at radius 2 is 2.28 bits per heavy atom. The lowest BCUT2D eigenvalue weighted by Gasteiger charge is -2.27.